The van der Waals surface area contributed by atoms with E-state index < -0.39 is 0 Å². The third kappa shape index (κ3) is 2.02. The van der Waals surface area contributed by atoms with Crippen molar-refractivity contribution in [1.82, 2.24) is 5.32 Å². The van der Waals surface area contributed by atoms with Crippen LogP contribution in [-0.2, 0) is 9.53 Å². The number of hydrogen-bond acceptors (Lipinski definition) is 3. The highest BCUT2D eigenvalue weighted by atomic mass is 16.5. The standard InChI is InChI=1S/C12H15NO2/c1-15-12(14)10-7-8-13-11(10)9-5-3-2-4-6-9/h2-6,10-11,13H,7-8H2,1H3/t10-,11-/m1/s1. The average molecular weight is 205 g/mol. The molecule has 0 radical (unpaired) electrons. The molecule has 1 saturated heterocycles. The van der Waals surface area contributed by atoms with E-state index in [9.17, 15) is 4.79 Å². The van der Waals surface area contributed by atoms with Gasteiger partial charge < -0.3 is 10.1 Å². The minimum atomic E-state index is -0.117. The SMILES string of the molecule is COC(=O)[C@@H]1CCN[C@@H]1c1ccccc1. The number of hydrogen-bond donors (Lipinski definition) is 1. The molecule has 0 bridgehead atoms. The quantitative estimate of drug-likeness (QED) is 0.744. The Morgan fingerprint density at radius 2 is 2.13 bits per heavy atom. The molecule has 1 heterocycles. The first kappa shape index (κ1) is 10.2. The van der Waals surface area contributed by atoms with Gasteiger partial charge in [-0.05, 0) is 18.5 Å². The van der Waals surface area contributed by atoms with Crippen molar-refractivity contribution in [2.45, 2.75) is 12.5 Å². The predicted octanol–water partition coefficient (Wildman–Crippen LogP) is 1.51. The highest BCUT2D eigenvalue weighted by Crippen LogP contribution is 2.30. The number of rotatable bonds is 2. The van der Waals surface area contributed by atoms with Gasteiger partial charge in [0.25, 0.3) is 0 Å². The molecule has 1 aliphatic heterocycles. The summed E-state index contributed by atoms with van der Waals surface area (Å²) < 4.78 is 4.81. The summed E-state index contributed by atoms with van der Waals surface area (Å²) in [6.45, 7) is 0.874. The molecular weight excluding hydrogens is 190 g/mol. The van der Waals surface area contributed by atoms with Crippen LogP contribution in [0.3, 0.4) is 0 Å². The molecule has 0 saturated carbocycles. The molecule has 3 nitrogen and oxygen atoms in total. The molecule has 1 fully saturated rings. The zero-order valence-corrected chi connectivity index (χ0v) is 8.77. The molecule has 0 spiro atoms. The van der Waals surface area contributed by atoms with Crippen molar-refractivity contribution in [1.29, 1.82) is 0 Å². The number of nitrogens with one attached hydrogen (secondary N) is 1. The Morgan fingerprint density at radius 1 is 1.40 bits per heavy atom. The fraction of sp³-hybridized carbons (Fsp3) is 0.417. The van der Waals surface area contributed by atoms with Gasteiger partial charge in [0, 0.05) is 6.04 Å². The Balaban J connectivity index is 2.18. The minimum absolute atomic E-state index is 0.0441. The van der Waals surface area contributed by atoms with E-state index in [2.05, 4.69) is 5.32 Å². The molecule has 3 heteroatoms. The van der Waals surface area contributed by atoms with Crippen molar-refractivity contribution in [2.75, 3.05) is 13.7 Å². The van der Waals surface area contributed by atoms with Crippen LogP contribution in [0.5, 0.6) is 0 Å². The largest absolute Gasteiger partial charge is 0.469 e. The van der Waals surface area contributed by atoms with E-state index in [4.69, 9.17) is 4.74 Å². The Bertz CT molecular complexity index is 337. The highest BCUT2D eigenvalue weighted by Gasteiger charge is 2.34. The second-order valence-corrected chi connectivity index (χ2v) is 3.76. The van der Waals surface area contributed by atoms with E-state index in [0.29, 0.717) is 0 Å². The molecular formula is C12H15NO2. The fourth-order valence-corrected chi connectivity index (χ4v) is 2.12. The van der Waals surface area contributed by atoms with Crippen LogP contribution in [0.25, 0.3) is 0 Å². The molecule has 1 aromatic carbocycles. The molecule has 0 amide bonds. The molecule has 0 aromatic heterocycles. The molecule has 0 aliphatic carbocycles. The molecule has 1 aromatic rings. The Kier molecular flexibility index (Phi) is 3.02. The van der Waals surface area contributed by atoms with E-state index in [1.165, 1.54) is 7.11 Å². The summed E-state index contributed by atoms with van der Waals surface area (Å²) in [4.78, 5) is 11.5. The molecule has 15 heavy (non-hydrogen) atoms. The normalized spacial score (nSPS) is 25.1. The van der Waals surface area contributed by atoms with Crippen LogP contribution in [0, 0.1) is 5.92 Å². The third-order valence-corrected chi connectivity index (χ3v) is 2.88. The van der Waals surface area contributed by atoms with Crippen molar-refractivity contribution < 1.29 is 9.53 Å². The lowest BCUT2D eigenvalue weighted by molar-refractivity contribution is -0.145. The van der Waals surface area contributed by atoms with Crippen LogP contribution in [-0.4, -0.2) is 19.6 Å². The summed E-state index contributed by atoms with van der Waals surface area (Å²) in [6.07, 6.45) is 0.853. The first-order valence-corrected chi connectivity index (χ1v) is 5.19. The van der Waals surface area contributed by atoms with Crippen LogP contribution in [0.4, 0.5) is 0 Å². The second-order valence-electron chi connectivity index (χ2n) is 3.76. The smallest absolute Gasteiger partial charge is 0.310 e. The van der Waals surface area contributed by atoms with Crippen LogP contribution in [0.1, 0.15) is 18.0 Å². The van der Waals surface area contributed by atoms with Crippen molar-refractivity contribution >= 4 is 5.97 Å². The second kappa shape index (κ2) is 4.45. The highest BCUT2D eigenvalue weighted by molar-refractivity contribution is 5.74. The number of ether oxygens (including phenoxy) is 1. The molecule has 2 atom stereocenters. The lowest BCUT2D eigenvalue weighted by Crippen LogP contribution is -2.24. The minimum Gasteiger partial charge on any atom is -0.469 e. The zero-order valence-electron chi connectivity index (χ0n) is 8.77. The summed E-state index contributed by atoms with van der Waals surface area (Å²) in [6, 6.07) is 10.1. The summed E-state index contributed by atoms with van der Waals surface area (Å²) in [5.74, 6) is -0.161. The number of methoxy groups -OCH3 is 1. The third-order valence-electron chi connectivity index (χ3n) is 2.88. The maximum absolute atomic E-state index is 11.5. The fourth-order valence-electron chi connectivity index (χ4n) is 2.12. The van der Waals surface area contributed by atoms with Gasteiger partial charge in [-0.1, -0.05) is 30.3 Å². The molecule has 2 rings (SSSR count). The molecule has 0 unspecified atom stereocenters. The van der Waals surface area contributed by atoms with E-state index in [1.54, 1.807) is 0 Å². The Morgan fingerprint density at radius 3 is 2.80 bits per heavy atom. The Labute approximate surface area is 89.4 Å². The van der Waals surface area contributed by atoms with Gasteiger partial charge in [-0.25, -0.2) is 0 Å². The van der Waals surface area contributed by atoms with Gasteiger partial charge in [0.05, 0.1) is 13.0 Å². The van der Waals surface area contributed by atoms with Crippen molar-refractivity contribution in [3.63, 3.8) is 0 Å². The summed E-state index contributed by atoms with van der Waals surface area (Å²) in [5.41, 5.74) is 1.16. The molecule has 80 valence electrons. The van der Waals surface area contributed by atoms with Crippen molar-refractivity contribution in [3.8, 4) is 0 Å². The van der Waals surface area contributed by atoms with Crippen LogP contribution in [0.15, 0.2) is 30.3 Å². The van der Waals surface area contributed by atoms with Crippen molar-refractivity contribution in [3.05, 3.63) is 35.9 Å². The van der Waals surface area contributed by atoms with Crippen LogP contribution >= 0.6 is 0 Å². The van der Waals surface area contributed by atoms with Crippen LogP contribution in [0.2, 0.25) is 0 Å². The number of benzene rings is 1. The zero-order chi connectivity index (χ0) is 10.7. The first-order chi connectivity index (χ1) is 7.33. The van der Waals surface area contributed by atoms with Gasteiger partial charge in [-0.3, -0.25) is 4.79 Å². The van der Waals surface area contributed by atoms with Gasteiger partial charge >= 0.3 is 5.97 Å². The summed E-state index contributed by atoms with van der Waals surface area (Å²) in [7, 11) is 1.45. The lowest BCUT2D eigenvalue weighted by atomic mass is 9.94. The first-order valence-electron chi connectivity index (χ1n) is 5.19. The van der Waals surface area contributed by atoms with Gasteiger partial charge in [0.15, 0.2) is 0 Å². The van der Waals surface area contributed by atoms with E-state index >= 15 is 0 Å². The lowest BCUT2D eigenvalue weighted by Gasteiger charge is -2.17. The van der Waals surface area contributed by atoms with Gasteiger partial charge in [-0.15, -0.1) is 0 Å². The van der Waals surface area contributed by atoms with Crippen LogP contribution < -0.4 is 5.32 Å². The average Bonchev–Trinajstić information content (AvgIpc) is 2.78. The maximum Gasteiger partial charge on any atom is 0.310 e. The predicted molar refractivity (Wildman–Crippen MR) is 57.3 cm³/mol. The Hall–Kier alpha value is -1.35. The number of esters is 1. The number of carbonyl (C=O) groups excluding carboxylic acids is 1. The summed E-state index contributed by atoms with van der Waals surface area (Å²) in [5, 5.41) is 3.34. The molecule has 1 aliphatic rings. The van der Waals surface area contributed by atoms with Gasteiger partial charge in [-0.2, -0.15) is 0 Å². The molecule has 1 N–H and O–H groups in total. The van der Waals surface area contributed by atoms with E-state index in [1.807, 2.05) is 30.3 Å². The van der Waals surface area contributed by atoms with E-state index in [-0.39, 0.29) is 17.9 Å². The summed E-state index contributed by atoms with van der Waals surface area (Å²) >= 11 is 0. The van der Waals surface area contributed by atoms with Crippen molar-refractivity contribution in [2.24, 2.45) is 5.92 Å². The number of carbonyl (C=O) groups is 1. The van der Waals surface area contributed by atoms with E-state index in [0.717, 1.165) is 18.5 Å². The van der Waals surface area contributed by atoms with Gasteiger partial charge in [0.2, 0.25) is 0 Å². The monoisotopic (exact) mass is 205 g/mol. The van der Waals surface area contributed by atoms with Gasteiger partial charge in [0.1, 0.15) is 0 Å². The maximum atomic E-state index is 11.5. The topological polar surface area (TPSA) is 38.3 Å².